The molecule has 0 radical (unpaired) electrons. The van der Waals surface area contributed by atoms with E-state index in [-0.39, 0.29) is 5.75 Å². The van der Waals surface area contributed by atoms with Crippen molar-refractivity contribution in [2.45, 2.75) is 32.3 Å². The number of thiazole rings is 1. The first-order valence-electron chi connectivity index (χ1n) is 8.49. The van der Waals surface area contributed by atoms with Crippen LogP contribution in [0, 0.1) is 0 Å². The highest BCUT2D eigenvalue weighted by atomic mass is 32.1. The maximum atomic E-state index is 12.3. The van der Waals surface area contributed by atoms with Gasteiger partial charge in [-0.3, -0.25) is 4.99 Å². The lowest BCUT2D eigenvalue weighted by atomic mass is 10.2. The van der Waals surface area contributed by atoms with Crippen LogP contribution < -0.4 is 9.54 Å². The standard InChI is InChI=1S/C18H21F2N3O2S/c1-24-11-10-21-18-23(22-14-4-2-3-5-14)16(12-26-18)13-6-8-15(9-7-13)25-17(19)20/h6-9,12,17H,2-5,10-11H2,1H3. The molecule has 0 atom stereocenters. The lowest BCUT2D eigenvalue weighted by molar-refractivity contribution is -0.0498. The van der Waals surface area contributed by atoms with Crippen LogP contribution in [-0.2, 0) is 4.74 Å². The number of halogens is 2. The van der Waals surface area contributed by atoms with Gasteiger partial charge in [0.1, 0.15) is 5.75 Å². The van der Waals surface area contributed by atoms with E-state index in [0.29, 0.717) is 13.2 Å². The number of rotatable bonds is 7. The summed E-state index contributed by atoms with van der Waals surface area (Å²) in [5.74, 6) is 0.137. The first-order chi connectivity index (χ1) is 12.7. The summed E-state index contributed by atoms with van der Waals surface area (Å²) in [7, 11) is 1.64. The third kappa shape index (κ3) is 4.76. The second kappa shape index (κ2) is 9.05. The quantitative estimate of drug-likeness (QED) is 0.677. The molecule has 1 fully saturated rings. The topological polar surface area (TPSA) is 48.1 Å². The van der Waals surface area contributed by atoms with Crippen LogP contribution in [0.1, 0.15) is 25.7 Å². The first kappa shape index (κ1) is 18.7. The van der Waals surface area contributed by atoms with Gasteiger partial charge in [-0.15, -0.1) is 11.3 Å². The predicted octanol–water partition coefficient (Wildman–Crippen LogP) is 4.14. The van der Waals surface area contributed by atoms with Crippen LogP contribution in [0.5, 0.6) is 5.75 Å². The van der Waals surface area contributed by atoms with Crippen LogP contribution in [0.4, 0.5) is 8.78 Å². The van der Waals surface area contributed by atoms with E-state index in [1.807, 2.05) is 10.1 Å². The molecule has 1 heterocycles. The fourth-order valence-electron chi connectivity index (χ4n) is 2.77. The molecule has 1 aliphatic carbocycles. The Bertz CT molecular complexity index is 805. The fourth-order valence-corrected chi connectivity index (χ4v) is 3.62. The van der Waals surface area contributed by atoms with E-state index in [9.17, 15) is 8.78 Å². The molecular weight excluding hydrogens is 360 g/mol. The number of alkyl halides is 2. The van der Waals surface area contributed by atoms with Gasteiger partial charge in [0.25, 0.3) is 0 Å². The summed E-state index contributed by atoms with van der Waals surface area (Å²) in [5.41, 5.74) is 2.92. The number of hydrogen-bond acceptors (Lipinski definition) is 5. The lowest BCUT2D eigenvalue weighted by Gasteiger charge is -2.07. The smallest absolute Gasteiger partial charge is 0.387 e. The van der Waals surface area contributed by atoms with Gasteiger partial charge < -0.3 is 9.47 Å². The average molecular weight is 381 g/mol. The Balaban J connectivity index is 1.95. The highest BCUT2D eigenvalue weighted by molar-refractivity contribution is 7.07. The van der Waals surface area contributed by atoms with Gasteiger partial charge in [-0.1, -0.05) is 0 Å². The Morgan fingerprint density at radius 2 is 1.92 bits per heavy atom. The van der Waals surface area contributed by atoms with E-state index in [1.54, 1.807) is 19.2 Å². The molecule has 140 valence electrons. The van der Waals surface area contributed by atoms with Crippen LogP contribution >= 0.6 is 11.3 Å². The minimum atomic E-state index is -2.83. The molecule has 1 aromatic heterocycles. The minimum Gasteiger partial charge on any atom is -0.435 e. The Morgan fingerprint density at radius 3 is 2.58 bits per heavy atom. The fraction of sp³-hybridized carbons (Fsp3) is 0.444. The number of ether oxygens (including phenoxy) is 2. The molecule has 0 spiro atoms. The van der Waals surface area contributed by atoms with Crippen molar-refractivity contribution in [2.24, 2.45) is 10.1 Å². The van der Waals surface area contributed by atoms with Crippen molar-refractivity contribution in [1.82, 2.24) is 4.68 Å². The maximum Gasteiger partial charge on any atom is 0.387 e. The van der Waals surface area contributed by atoms with Gasteiger partial charge in [-0.05, 0) is 49.9 Å². The monoisotopic (exact) mass is 381 g/mol. The molecule has 0 aliphatic heterocycles. The summed E-state index contributed by atoms with van der Waals surface area (Å²) in [5, 5.41) is 6.78. The summed E-state index contributed by atoms with van der Waals surface area (Å²) in [6.07, 6.45) is 4.32. The van der Waals surface area contributed by atoms with Crippen molar-refractivity contribution in [3.63, 3.8) is 0 Å². The highest BCUT2D eigenvalue weighted by Crippen LogP contribution is 2.25. The Kier molecular flexibility index (Phi) is 6.51. The third-order valence-corrected chi connectivity index (χ3v) is 4.88. The van der Waals surface area contributed by atoms with Crippen molar-refractivity contribution in [2.75, 3.05) is 20.3 Å². The molecule has 0 amide bonds. The van der Waals surface area contributed by atoms with Crippen LogP contribution in [0.25, 0.3) is 11.3 Å². The number of nitrogens with zero attached hydrogens (tertiary/aromatic N) is 3. The molecule has 0 bridgehead atoms. The van der Waals surface area contributed by atoms with Gasteiger partial charge in [-0.2, -0.15) is 13.9 Å². The van der Waals surface area contributed by atoms with Gasteiger partial charge in [-0.25, -0.2) is 4.68 Å². The zero-order valence-corrected chi connectivity index (χ0v) is 15.3. The van der Waals surface area contributed by atoms with Crippen molar-refractivity contribution >= 4 is 17.0 Å². The average Bonchev–Trinajstić information content (AvgIpc) is 3.27. The van der Waals surface area contributed by atoms with E-state index < -0.39 is 6.61 Å². The van der Waals surface area contributed by atoms with Gasteiger partial charge >= 0.3 is 6.61 Å². The number of benzene rings is 1. The minimum absolute atomic E-state index is 0.137. The van der Waals surface area contributed by atoms with Crippen molar-refractivity contribution < 1.29 is 18.3 Å². The third-order valence-electron chi connectivity index (χ3n) is 4.03. The maximum absolute atomic E-state index is 12.3. The molecule has 26 heavy (non-hydrogen) atoms. The summed E-state index contributed by atoms with van der Waals surface area (Å²) in [4.78, 5) is 5.36. The lowest BCUT2D eigenvalue weighted by Crippen LogP contribution is -2.15. The zero-order chi connectivity index (χ0) is 18.4. The van der Waals surface area contributed by atoms with Crippen LogP contribution in [0.2, 0.25) is 0 Å². The van der Waals surface area contributed by atoms with Gasteiger partial charge in [0.15, 0.2) is 0 Å². The molecule has 5 nitrogen and oxygen atoms in total. The van der Waals surface area contributed by atoms with Gasteiger partial charge in [0, 0.05) is 23.8 Å². The van der Waals surface area contributed by atoms with E-state index in [2.05, 4.69) is 9.73 Å². The molecule has 3 rings (SSSR count). The van der Waals surface area contributed by atoms with Crippen LogP contribution in [-0.4, -0.2) is 37.3 Å². The number of aromatic nitrogens is 1. The normalized spacial score (nSPS) is 15.1. The molecule has 1 aromatic carbocycles. The van der Waals surface area contributed by atoms with E-state index >= 15 is 0 Å². The second-order valence-corrected chi connectivity index (χ2v) is 6.70. The van der Waals surface area contributed by atoms with E-state index in [1.165, 1.54) is 23.5 Å². The van der Waals surface area contributed by atoms with Gasteiger partial charge in [0.2, 0.25) is 4.80 Å². The van der Waals surface area contributed by atoms with Crippen LogP contribution in [0.15, 0.2) is 39.7 Å². The van der Waals surface area contributed by atoms with E-state index in [4.69, 9.17) is 9.84 Å². The Hall–Kier alpha value is -2.06. The Labute approximate surface area is 154 Å². The summed E-state index contributed by atoms with van der Waals surface area (Å²) < 4.78 is 36.0. The van der Waals surface area contributed by atoms with Crippen molar-refractivity contribution in [1.29, 1.82) is 0 Å². The summed E-state index contributed by atoms with van der Waals surface area (Å²) in [6, 6.07) is 6.58. The molecule has 0 N–H and O–H groups in total. The molecule has 1 saturated carbocycles. The Morgan fingerprint density at radius 1 is 1.19 bits per heavy atom. The number of methoxy groups -OCH3 is 1. The molecule has 1 aliphatic rings. The molecule has 2 aromatic rings. The van der Waals surface area contributed by atoms with Crippen molar-refractivity contribution in [3.05, 3.63) is 34.4 Å². The van der Waals surface area contributed by atoms with Crippen molar-refractivity contribution in [3.8, 4) is 17.0 Å². The molecular formula is C18H21F2N3O2S. The summed E-state index contributed by atoms with van der Waals surface area (Å²) in [6.45, 7) is -1.72. The number of hydrogen-bond donors (Lipinski definition) is 0. The molecule has 0 saturated heterocycles. The second-order valence-electron chi connectivity index (χ2n) is 5.87. The largest absolute Gasteiger partial charge is 0.435 e. The predicted molar refractivity (Wildman–Crippen MR) is 98.0 cm³/mol. The molecule has 0 unspecified atom stereocenters. The zero-order valence-electron chi connectivity index (χ0n) is 14.5. The molecule has 8 heteroatoms. The van der Waals surface area contributed by atoms with Gasteiger partial charge in [0.05, 0.1) is 18.8 Å². The van der Waals surface area contributed by atoms with Crippen LogP contribution in [0.3, 0.4) is 0 Å². The highest BCUT2D eigenvalue weighted by Gasteiger charge is 2.13. The summed E-state index contributed by atoms with van der Waals surface area (Å²) >= 11 is 1.50. The SMILES string of the molecule is COCCN=c1scc(-c2ccc(OC(F)F)cc2)n1N=C1CCCC1. The van der Waals surface area contributed by atoms with E-state index in [0.717, 1.165) is 47.5 Å². The first-order valence-corrected chi connectivity index (χ1v) is 9.37.